The highest BCUT2D eigenvalue weighted by Gasteiger charge is 2.39. The maximum absolute atomic E-state index is 13.9. The summed E-state index contributed by atoms with van der Waals surface area (Å²) < 4.78 is 0. The van der Waals surface area contributed by atoms with Crippen molar-refractivity contribution in [3.63, 3.8) is 0 Å². The number of amides is 4. The lowest BCUT2D eigenvalue weighted by Gasteiger charge is -2.30. The topological polar surface area (TPSA) is 254 Å². The number of phenols is 1. The minimum absolute atomic E-state index is 0.00556. The van der Waals surface area contributed by atoms with Crippen LogP contribution in [0.2, 0.25) is 0 Å². The standard InChI is InChI=1S/C34H46N6O9/c35-17-5-4-9-24(36)30(44)38-26(19-22-11-13-23(41)14-12-22)31(45)37-25(15-16-29(42)43)33(47)40-18-6-10-28(40)32(46)39-27(34(48)49)20-21-7-2-1-3-8-21/h1-3,7-8,11-14,24-28,41H,4-6,9-10,15-20,35-36H2,(H,37,45)(H,38,44)(H,39,46)(H,42,43)(H,48,49)/t24-,25-,26-,27-,28-/m0/s1. The fourth-order valence-corrected chi connectivity index (χ4v) is 5.61. The molecule has 1 fully saturated rings. The SMILES string of the molecule is NCCCC[C@H](N)C(=O)N[C@@H](Cc1ccc(O)cc1)C(=O)N[C@@H](CCC(=O)O)C(=O)N1CCC[C@H]1C(=O)N[C@@H](Cc1ccccc1)C(=O)O. The molecule has 2 aromatic rings. The molecule has 15 heteroatoms. The van der Waals surface area contributed by atoms with Crippen LogP contribution < -0.4 is 27.4 Å². The van der Waals surface area contributed by atoms with Crippen LogP contribution in [-0.4, -0.2) is 99.1 Å². The van der Waals surface area contributed by atoms with Gasteiger partial charge in [-0.25, -0.2) is 4.79 Å². The minimum atomic E-state index is -1.38. The fourth-order valence-electron chi connectivity index (χ4n) is 5.61. The third kappa shape index (κ3) is 12.2. The molecule has 10 N–H and O–H groups in total. The number of hydrogen-bond donors (Lipinski definition) is 8. The quantitative estimate of drug-likeness (QED) is 0.0917. The van der Waals surface area contributed by atoms with Crippen molar-refractivity contribution in [2.45, 2.75) is 88.0 Å². The van der Waals surface area contributed by atoms with Crippen LogP contribution in [-0.2, 0) is 41.6 Å². The average molecular weight is 683 g/mol. The minimum Gasteiger partial charge on any atom is -0.508 e. The van der Waals surface area contributed by atoms with Gasteiger partial charge in [-0.3, -0.25) is 24.0 Å². The Labute approximate surface area is 284 Å². The number of hydrogen-bond acceptors (Lipinski definition) is 9. The highest BCUT2D eigenvalue weighted by molar-refractivity contribution is 5.96. The number of carbonyl (C=O) groups excluding carboxylic acids is 4. The maximum atomic E-state index is 13.9. The lowest BCUT2D eigenvalue weighted by molar-refractivity contribution is -0.145. The fraction of sp³-hybridized carbons (Fsp3) is 0.471. The van der Waals surface area contributed by atoms with E-state index in [1.54, 1.807) is 42.5 Å². The molecule has 4 amide bonds. The molecular formula is C34H46N6O9. The molecule has 5 atom stereocenters. The predicted molar refractivity (Wildman–Crippen MR) is 178 cm³/mol. The second-order valence-corrected chi connectivity index (χ2v) is 12.1. The summed E-state index contributed by atoms with van der Waals surface area (Å²) in [7, 11) is 0. The number of rotatable bonds is 19. The zero-order chi connectivity index (χ0) is 35.9. The smallest absolute Gasteiger partial charge is 0.326 e. The third-order valence-corrected chi connectivity index (χ3v) is 8.31. The summed E-state index contributed by atoms with van der Waals surface area (Å²) in [4.78, 5) is 78.7. The normalized spacial score (nSPS) is 16.5. The lowest BCUT2D eigenvalue weighted by atomic mass is 10.0. The molecular weight excluding hydrogens is 636 g/mol. The van der Waals surface area contributed by atoms with Gasteiger partial charge in [-0.2, -0.15) is 0 Å². The van der Waals surface area contributed by atoms with Crippen LogP contribution in [0.25, 0.3) is 0 Å². The van der Waals surface area contributed by atoms with Crippen LogP contribution in [0.1, 0.15) is 56.1 Å². The summed E-state index contributed by atoms with van der Waals surface area (Å²) in [6, 6.07) is 8.83. The Morgan fingerprint density at radius 1 is 0.796 bits per heavy atom. The van der Waals surface area contributed by atoms with Crippen LogP contribution in [0.3, 0.4) is 0 Å². The first-order chi connectivity index (χ1) is 23.4. The van der Waals surface area contributed by atoms with Crippen LogP contribution >= 0.6 is 0 Å². The highest BCUT2D eigenvalue weighted by atomic mass is 16.4. The molecule has 1 saturated heterocycles. The van der Waals surface area contributed by atoms with E-state index < -0.39 is 72.2 Å². The molecule has 0 aliphatic carbocycles. The van der Waals surface area contributed by atoms with Gasteiger partial charge in [0.1, 0.15) is 29.9 Å². The molecule has 15 nitrogen and oxygen atoms in total. The summed E-state index contributed by atoms with van der Waals surface area (Å²) in [5.74, 6) is -5.26. The Balaban J connectivity index is 1.79. The van der Waals surface area contributed by atoms with Crippen molar-refractivity contribution in [3.05, 3.63) is 65.7 Å². The Morgan fingerprint density at radius 3 is 2.06 bits per heavy atom. The number of aromatic hydroxyl groups is 1. The second-order valence-electron chi connectivity index (χ2n) is 12.1. The highest BCUT2D eigenvalue weighted by Crippen LogP contribution is 2.21. The first-order valence-electron chi connectivity index (χ1n) is 16.3. The van der Waals surface area contributed by atoms with Crippen molar-refractivity contribution < 1.29 is 44.1 Å². The van der Waals surface area contributed by atoms with Crippen molar-refractivity contribution in [2.24, 2.45) is 11.5 Å². The zero-order valence-corrected chi connectivity index (χ0v) is 27.3. The zero-order valence-electron chi connectivity index (χ0n) is 27.3. The number of carbonyl (C=O) groups is 6. The Bertz CT molecular complexity index is 1440. The van der Waals surface area contributed by atoms with Gasteiger partial charge >= 0.3 is 11.9 Å². The van der Waals surface area contributed by atoms with Gasteiger partial charge in [0.25, 0.3) is 0 Å². The molecule has 49 heavy (non-hydrogen) atoms. The number of carboxylic acids is 2. The van der Waals surface area contributed by atoms with Gasteiger partial charge in [0.2, 0.25) is 23.6 Å². The summed E-state index contributed by atoms with van der Waals surface area (Å²) in [6.07, 6.45) is 1.40. The lowest BCUT2D eigenvalue weighted by Crippen LogP contribution is -2.58. The molecule has 0 spiro atoms. The summed E-state index contributed by atoms with van der Waals surface area (Å²) in [5.41, 5.74) is 12.8. The molecule has 0 bridgehead atoms. The molecule has 0 unspecified atom stereocenters. The Kier molecular flexibility index (Phi) is 15.0. The molecule has 1 aliphatic heterocycles. The summed E-state index contributed by atoms with van der Waals surface area (Å²) in [5, 5.41) is 36.6. The van der Waals surface area contributed by atoms with E-state index >= 15 is 0 Å². The van der Waals surface area contributed by atoms with Crippen LogP contribution in [0, 0.1) is 0 Å². The van der Waals surface area contributed by atoms with Crippen molar-refractivity contribution in [3.8, 4) is 5.75 Å². The molecule has 0 radical (unpaired) electrons. The van der Waals surface area contributed by atoms with Gasteiger partial charge < -0.3 is 47.6 Å². The van der Waals surface area contributed by atoms with Gasteiger partial charge in [0.05, 0.1) is 6.04 Å². The molecule has 0 saturated carbocycles. The van der Waals surface area contributed by atoms with Gasteiger partial charge in [-0.1, -0.05) is 48.9 Å². The van der Waals surface area contributed by atoms with Crippen molar-refractivity contribution in [1.29, 1.82) is 0 Å². The van der Waals surface area contributed by atoms with Gasteiger partial charge in [-0.05, 0) is 61.9 Å². The first-order valence-corrected chi connectivity index (χ1v) is 16.3. The van der Waals surface area contributed by atoms with Crippen molar-refractivity contribution >= 4 is 35.6 Å². The van der Waals surface area contributed by atoms with E-state index in [9.17, 15) is 44.1 Å². The number of aliphatic carboxylic acids is 2. The van der Waals surface area contributed by atoms with E-state index in [4.69, 9.17) is 11.5 Å². The largest absolute Gasteiger partial charge is 0.508 e. The molecule has 0 aromatic heterocycles. The van der Waals surface area contributed by atoms with Gasteiger partial charge in [0.15, 0.2) is 0 Å². The van der Waals surface area contributed by atoms with E-state index in [1.807, 2.05) is 0 Å². The van der Waals surface area contributed by atoms with Crippen LogP contribution in [0.15, 0.2) is 54.6 Å². The number of likely N-dealkylation sites (tertiary alicyclic amines) is 1. The van der Waals surface area contributed by atoms with Gasteiger partial charge in [0, 0.05) is 25.8 Å². The summed E-state index contributed by atoms with van der Waals surface area (Å²) >= 11 is 0. The number of unbranched alkanes of at least 4 members (excludes halogenated alkanes) is 1. The molecule has 1 heterocycles. The Morgan fingerprint density at radius 2 is 1.43 bits per heavy atom. The molecule has 1 aliphatic rings. The predicted octanol–water partition coefficient (Wildman–Crippen LogP) is 0.0285. The third-order valence-electron chi connectivity index (χ3n) is 8.31. The number of carboxylic acid groups (broad SMARTS) is 2. The number of nitrogens with two attached hydrogens (primary N) is 2. The number of phenolic OH excluding ortho intramolecular Hbond substituents is 1. The monoisotopic (exact) mass is 682 g/mol. The second kappa shape index (κ2) is 19.1. The Hall–Kier alpha value is -5.02. The number of nitrogens with zero attached hydrogens (tertiary/aromatic N) is 1. The van der Waals surface area contributed by atoms with E-state index in [0.717, 1.165) is 0 Å². The van der Waals surface area contributed by atoms with E-state index in [0.29, 0.717) is 43.4 Å². The number of nitrogens with one attached hydrogen (secondary N) is 3. The van der Waals surface area contributed by atoms with Crippen LogP contribution in [0.5, 0.6) is 5.75 Å². The molecule has 3 rings (SSSR count). The molecule has 2 aromatic carbocycles. The number of benzene rings is 2. The van der Waals surface area contributed by atoms with E-state index in [2.05, 4.69) is 16.0 Å². The van der Waals surface area contributed by atoms with Crippen molar-refractivity contribution in [2.75, 3.05) is 13.1 Å². The molecule has 266 valence electrons. The van der Waals surface area contributed by atoms with Gasteiger partial charge in [-0.15, -0.1) is 0 Å². The summed E-state index contributed by atoms with van der Waals surface area (Å²) in [6.45, 7) is 0.553. The maximum Gasteiger partial charge on any atom is 0.326 e. The van der Waals surface area contributed by atoms with E-state index in [-0.39, 0.29) is 38.0 Å². The first kappa shape index (κ1) is 38.4. The average Bonchev–Trinajstić information content (AvgIpc) is 3.57. The van der Waals surface area contributed by atoms with Crippen LogP contribution in [0.4, 0.5) is 0 Å². The van der Waals surface area contributed by atoms with E-state index in [1.165, 1.54) is 17.0 Å². The van der Waals surface area contributed by atoms with Crippen molar-refractivity contribution in [1.82, 2.24) is 20.9 Å².